The molecule has 0 bridgehead atoms. The third kappa shape index (κ3) is 2.87. The maximum Gasteiger partial charge on any atom is 0.224 e. The smallest absolute Gasteiger partial charge is 0.224 e. The van der Waals surface area contributed by atoms with Gasteiger partial charge in [0.05, 0.1) is 5.52 Å². The normalized spacial score (nSPS) is 11.4. The summed E-state index contributed by atoms with van der Waals surface area (Å²) in [5.41, 5.74) is 6.79. The quantitative estimate of drug-likeness (QED) is 0.628. The van der Waals surface area contributed by atoms with Crippen LogP contribution in [0.3, 0.4) is 0 Å². The van der Waals surface area contributed by atoms with Crippen molar-refractivity contribution in [3.8, 4) is 11.1 Å². The van der Waals surface area contributed by atoms with E-state index in [1.54, 1.807) is 0 Å². The van der Waals surface area contributed by atoms with Crippen LogP contribution >= 0.6 is 11.6 Å². The number of para-hydroxylation sites is 1. The Kier molecular flexibility index (Phi) is 4.54. The first-order valence-electron chi connectivity index (χ1n) is 7.93. The molecule has 1 N–H and O–H groups in total. The van der Waals surface area contributed by atoms with Crippen LogP contribution < -0.4 is 5.32 Å². The monoisotopic (exact) mass is 337 g/mol. The van der Waals surface area contributed by atoms with Gasteiger partial charge in [-0.15, -0.1) is 0 Å². The summed E-state index contributed by atoms with van der Waals surface area (Å²) < 4.78 is 0. The van der Waals surface area contributed by atoms with Crippen molar-refractivity contribution in [1.29, 1.82) is 0 Å². The molecule has 3 nitrogen and oxygen atoms in total. The van der Waals surface area contributed by atoms with Crippen molar-refractivity contribution in [3.05, 3.63) is 58.4 Å². The van der Waals surface area contributed by atoms with Crippen LogP contribution in [0.4, 0.5) is 5.82 Å². The average Bonchev–Trinajstić information content (AvgIpc) is 2.54. The molecule has 0 fully saturated rings. The van der Waals surface area contributed by atoms with Gasteiger partial charge in [-0.1, -0.05) is 36.4 Å². The van der Waals surface area contributed by atoms with Crippen LogP contribution in [0.1, 0.15) is 23.6 Å². The Balaban J connectivity index is 2.33. The maximum absolute atomic E-state index is 6.14. The second-order valence-electron chi connectivity index (χ2n) is 5.82. The van der Waals surface area contributed by atoms with Crippen LogP contribution in [0, 0.1) is 13.8 Å². The van der Waals surface area contributed by atoms with E-state index in [1.807, 2.05) is 26.1 Å². The van der Waals surface area contributed by atoms with Gasteiger partial charge in [0, 0.05) is 18.0 Å². The van der Waals surface area contributed by atoms with Crippen LogP contribution in [-0.4, -0.2) is 17.0 Å². The lowest BCUT2D eigenvalue weighted by molar-refractivity contribution is 1.21. The summed E-state index contributed by atoms with van der Waals surface area (Å²) in [7, 11) is 1.84. The number of allylic oxidation sites excluding steroid dienone is 1. The van der Waals surface area contributed by atoms with Gasteiger partial charge in [0.1, 0.15) is 5.82 Å². The van der Waals surface area contributed by atoms with E-state index in [-0.39, 0.29) is 5.28 Å². The Morgan fingerprint density at radius 1 is 1.08 bits per heavy atom. The highest BCUT2D eigenvalue weighted by atomic mass is 35.5. The van der Waals surface area contributed by atoms with Gasteiger partial charge >= 0.3 is 0 Å². The minimum atomic E-state index is 0.250. The van der Waals surface area contributed by atoms with Crippen LogP contribution in [0.2, 0.25) is 5.28 Å². The molecule has 0 saturated heterocycles. The highest BCUT2D eigenvalue weighted by Crippen LogP contribution is 2.35. The summed E-state index contributed by atoms with van der Waals surface area (Å²) in [5.74, 6) is 0.743. The van der Waals surface area contributed by atoms with E-state index in [4.69, 9.17) is 11.6 Å². The fraction of sp³-hybridized carbons (Fsp3) is 0.200. The molecule has 24 heavy (non-hydrogen) atoms. The zero-order valence-corrected chi connectivity index (χ0v) is 15.1. The molecule has 122 valence electrons. The van der Waals surface area contributed by atoms with E-state index in [1.165, 1.54) is 22.3 Å². The number of nitrogens with one attached hydrogen (secondary N) is 1. The number of halogens is 1. The molecule has 0 atom stereocenters. The van der Waals surface area contributed by atoms with Crippen molar-refractivity contribution < 1.29 is 0 Å². The Morgan fingerprint density at radius 2 is 1.79 bits per heavy atom. The first kappa shape index (κ1) is 16.5. The molecule has 0 saturated carbocycles. The minimum Gasteiger partial charge on any atom is -0.372 e. The fourth-order valence-corrected chi connectivity index (χ4v) is 3.40. The van der Waals surface area contributed by atoms with Crippen LogP contribution in [0.5, 0.6) is 0 Å². The average molecular weight is 338 g/mol. The minimum absolute atomic E-state index is 0.250. The predicted octanol–water partition coefficient (Wildman–Crippen LogP) is 5.64. The van der Waals surface area contributed by atoms with Gasteiger partial charge in [-0.05, 0) is 60.7 Å². The molecular weight excluding hydrogens is 318 g/mol. The molecule has 0 amide bonds. The fourth-order valence-electron chi connectivity index (χ4n) is 3.23. The third-order valence-electron chi connectivity index (χ3n) is 4.12. The Morgan fingerprint density at radius 3 is 2.42 bits per heavy atom. The molecule has 1 heterocycles. The molecule has 4 heteroatoms. The van der Waals surface area contributed by atoms with E-state index in [0.717, 1.165) is 22.3 Å². The predicted molar refractivity (Wildman–Crippen MR) is 104 cm³/mol. The molecule has 0 unspecified atom stereocenters. The molecule has 3 aromatic rings. The number of aryl methyl sites for hydroxylation is 2. The first-order chi connectivity index (χ1) is 11.5. The van der Waals surface area contributed by atoms with Crippen molar-refractivity contribution in [3.63, 3.8) is 0 Å². The topological polar surface area (TPSA) is 37.8 Å². The van der Waals surface area contributed by atoms with E-state index in [2.05, 4.69) is 59.5 Å². The zero-order valence-electron chi connectivity index (χ0n) is 14.3. The molecule has 0 aliphatic rings. The highest BCUT2D eigenvalue weighted by Gasteiger charge is 2.14. The number of anilines is 1. The lowest BCUT2D eigenvalue weighted by atomic mass is 9.92. The number of rotatable bonds is 3. The van der Waals surface area contributed by atoms with Gasteiger partial charge in [0.2, 0.25) is 5.28 Å². The lowest BCUT2D eigenvalue weighted by Gasteiger charge is -2.15. The zero-order chi connectivity index (χ0) is 17.3. The van der Waals surface area contributed by atoms with E-state index in [9.17, 15) is 0 Å². The molecule has 3 rings (SSSR count). The van der Waals surface area contributed by atoms with Crippen molar-refractivity contribution in [1.82, 2.24) is 9.97 Å². The van der Waals surface area contributed by atoms with Gasteiger partial charge in [-0.3, -0.25) is 0 Å². The second kappa shape index (κ2) is 6.62. The van der Waals surface area contributed by atoms with E-state index in [0.29, 0.717) is 0 Å². The molecule has 2 aromatic carbocycles. The Bertz CT molecular complexity index is 922. The van der Waals surface area contributed by atoms with Crippen molar-refractivity contribution >= 4 is 34.4 Å². The van der Waals surface area contributed by atoms with Crippen LogP contribution in [0.25, 0.3) is 28.1 Å². The number of hydrogen-bond donors (Lipinski definition) is 1. The summed E-state index contributed by atoms with van der Waals surface area (Å²) in [4.78, 5) is 8.77. The summed E-state index contributed by atoms with van der Waals surface area (Å²) in [6.07, 6.45) is 4.17. The second-order valence-corrected chi connectivity index (χ2v) is 6.16. The third-order valence-corrected chi connectivity index (χ3v) is 4.29. The van der Waals surface area contributed by atoms with Gasteiger partial charge in [0.15, 0.2) is 0 Å². The van der Waals surface area contributed by atoms with Crippen molar-refractivity contribution in [2.24, 2.45) is 0 Å². The van der Waals surface area contributed by atoms with E-state index >= 15 is 0 Å². The van der Waals surface area contributed by atoms with Gasteiger partial charge in [-0.25, -0.2) is 9.97 Å². The lowest BCUT2D eigenvalue weighted by Crippen LogP contribution is -1.98. The summed E-state index contributed by atoms with van der Waals surface area (Å²) >= 11 is 6.14. The number of hydrogen-bond acceptors (Lipinski definition) is 3. The highest BCUT2D eigenvalue weighted by molar-refractivity contribution is 6.29. The Hall–Kier alpha value is -2.39. The number of aromatic nitrogens is 2. The van der Waals surface area contributed by atoms with Crippen LogP contribution in [-0.2, 0) is 0 Å². The summed E-state index contributed by atoms with van der Waals surface area (Å²) in [6.45, 7) is 6.30. The van der Waals surface area contributed by atoms with Gasteiger partial charge in [0.25, 0.3) is 0 Å². The number of fused-ring (bicyclic) bond motifs is 1. The Labute approximate surface area is 147 Å². The van der Waals surface area contributed by atoms with Crippen molar-refractivity contribution in [2.45, 2.75) is 20.8 Å². The summed E-state index contributed by atoms with van der Waals surface area (Å²) in [5, 5.41) is 4.32. The number of nitrogens with zero attached hydrogens (tertiary/aromatic N) is 2. The standard InChI is InChI=1S/C20H20ClN3/c1-5-7-14-10-12(2)17(13(3)11-14)15-8-6-9-16-18(15)23-20(21)24-19(16)22-4/h5-11H,1-4H3,(H,22,23,24)/b7-5+. The van der Waals surface area contributed by atoms with E-state index < -0.39 is 0 Å². The SMILES string of the molecule is C/C=C/c1cc(C)c(-c2cccc3c(NC)nc(Cl)nc23)c(C)c1. The molecule has 0 radical (unpaired) electrons. The molecule has 0 aliphatic carbocycles. The number of benzene rings is 2. The van der Waals surface area contributed by atoms with Gasteiger partial charge < -0.3 is 5.32 Å². The molecule has 0 aliphatic heterocycles. The largest absolute Gasteiger partial charge is 0.372 e. The van der Waals surface area contributed by atoms with Crippen molar-refractivity contribution in [2.75, 3.05) is 12.4 Å². The van der Waals surface area contributed by atoms with Crippen LogP contribution in [0.15, 0.2) is 36.4 Å². The summed E-state index contributed by atoms with van der Waals surface area (Å²) in [6, 6.07) is 10.5. The van der Waals surface area contributed by atoms with Gasteiger partial charge in [-0.2, -0.15) is 0 Å². The molecule has 0 spiro atoms. The molecular formula is C20H20ClN3. The molecule has 1 aromatic heterocycles. The first-order valence-corrected chi connectivity index (χ1v) is 8.31. The maximum atomic E-state index is 6.14.